The molecule has 10 nitrogen and oxygen atoms in total. The third kappa shape index (κ3) is 9.85. The molecule has 0 aliphatic carbocycles. The minimum atomic E-state index is -0.523. The monoisotopic (exact) mass is 421 g/mol. The number of hydrogen-bond acceptors (Lipinski definition) is 9. The summed E-state index contributed by atoms with van der Waals surface area (Å²) in [6.45, 7) is 4.15. The number of H-pyrrole nitrogens is 1. The van der Waals surface area contributed by atoms with Crippen LogP contribution in [-0.2, 0) is 14.3 Å². The quantitative estimate of drug-likeness (QED) is 0.302. The minimum Gasteiger partial charge on any atom is -0.462 e. The Morgan fingerprint density at radius 3 is 2.46 bits per heavy atom. The summed E-state index contributed by atoms with van der Waals surface area (Å²) in [6, 6.07) is 0. The van der Waals surface area contributed by atoms with Gasteiger partial charge in [-0.05, 0) is 12.8 Å². The van der Waals surface area contributed by atoms with E-state index in [1.165, 1.54) is 17.2 Å². The molecule has 1 aliphatic heterocycles. The van der Waals surface area contributed by atoms with Crippen molar-refractivity contribution in [1.29, 1.82) is 0 Å². The summed E-state index contributed by atoms with van der Waals surface area (Å²) in [5.41, 5.74) is 4.90. The molecule has 0 aromatic carbocycles. The highest BCUT2D eigenvalue weighted by molar-refractivity contribution is 7.71. The molecule has 2 unspecified atom stereocenters. The average molecular weight is 422 g/mol. The molecule has 11 heteroatoms. The maximum absolute atomic E-state index is 11.9. The van der Waals surface area contributed by atoms with Crippen molar-refractivity contribution >= 4 is 24.5 Å². The van der Waals surface area contributed by atoms with Gasteiger partial charge in [0.1, 0.15) is 17.5 Å². The number of aliphatic hydroxyl groups excluding tert-OH is 2. The molecule has 0 bridgehead atoms. The summed E-state index contributed by atoms with van der Waals surface area (Å²) in [4.78, 5) is 36.1. The molecule has 0 saturated carbocycles. The summed E-state index contributed by atoms with van der Waals surface area (Å²) in [5.74, 6) is -0.508. The van der Waals surface area contributed by atoms with Gasteiger partial charge in [0.2, 0.25) is 0 Å². The molecule has 28 heavy (non-hydrogen) atoms. The Morgan fingerprint density at radius 1 is 1.39 bits per heavy atom. The lowest BCUT2D eigenvalue weighted by Gasteiger charge is -2.16. The summed E-state index contributed by atoms with van der Waals surface area (Å²) in [5, 5.41) is 14.0. The molecular formula is C17H31N3O7S. The number of esters is 1. The number of carbonyl (C=O) groups excluding carboxylic acids is 2. The second kappa shape index (κ2) is 17.2. The first-order valence-corrected chi connectivity index (χ1v) is 9.08. The van der Waals surface area contributed by atoms with Crippen LogP contribution >= 0.6 is 12.2 Å². The lowest BCUT2D eigenvalue weighted by atomic mass is 10.2. The fraction of sp³-hybridized carbons (Fsp3) is 0.647. The number of aliphatic hydroxyl groups is 2. The van der Waals surface area contributed by atoms with Crippen LogP contribution in [-0.4, -0.2) is 65.5 Å². The topological polar surface area (TPSA) is 157 Å². The van der Waals surface area contributed by atoms with Crippen LogP contribution in [0.3, 0.4) is 0 Å². The lowest BCUT2D eigenvalue weighted by molar-refractivity contribution is -0.146. The molecule has 1 fully saturated rings. The maximum Gasteiger partial charge on any atom is 0.328 e. The Balaban J connectivity index is 0. The van der Waals surface area contributed by atoms with E-state index in [0.29, 0.717) is 19.1 Å². The van der Waals surface area contributed by atoms with Crippen molar-refractivity contribution < 1.29 is 29.3 Å². The smallest absolute Gasteiger partial charge is 0.328 e. The van der Waals surface area contributed by atoms with Gasteiger partial charge in [-0.25, -0.2) is 4.79 Å². The fourth-order valence-electron chi connectivity index (χ4n) is 2.06. The molecule has 1 aromatic heterocycles. The van der Waals surface area contributed by atoms with Gasteiger partial charge in [-0.2, -0.15) is 0 Å². The first kappa shape index (κ1) is 28.3. The number of carbonyl (C=O) groups is 2. The van der Waals surface area contributed by atoms with Crippen molar-refractivity contribution in [2.24, 2.45) is 5.73 Å². The van der Waals surface area contributed by atoms with Crippen molar-refractivity contribution in [1.82, 2.24) is 9.55 Å². The Hall–Kier alpha value is -1.92. The van der Waals surface area contributed by atoms with Gasteiger partial charge in [0.05, 0.1) is 18.2 Å². The second-order valence-corrected chi connectivity index (χ2v) is 5.66. The predicted molar refractivity (Wildman–Crippen MR) is 107 cm³/mol. The van der Waals surface area contributed by atoms with E-state index < -0.39 is 17.9 Å². The number of hydrogen-bond donors (Lipinski definition) is 4. The molecule has 162 valence electrons. The SMILES string of the molecule is CCC.CO.CO.NCC(=O)OCC1CCC(n2cc(C=O)c(=S)[nH]c2=O)O1. The zero-order chi connectivity index (χ0) is 22.1. The number of nitrogens with two attached hydrogens (primary N) is 1. The van der Waals surface area contributed by atoms with Gasteiger partial charge in [0.15, 0.2) is 6.29 Å². The van der Waals surface area contributed by atoms with E-state index in [1.54, 1.807) is 0 Å². The number of aromatic amines is 1. The Labute approximate surface area is 169 Å². The van der Waals surface area contributed by atoms with E-state index in [-0.39, 0.29) is 29.5 Å². The van der Waals surface area contributed by atoms with E-state index in [4.69, 9.17) is 37.6 Å². The Bertz CT molecular complexity index is 675. The van der Waals surface area contributed by atoms with Crippen molar-refractivity contribution in [3.05, 3.63) is 26.9 Å². The molecule has 2 heterocycles. The zero-order valence-electron chi connectivity index (χ0n) is 16.7. The van der Waals surface area contributed by atoms with E-state index in [9.17, 15) is 14.4 Å². The van der Waals surface area contributed by atoms with Crippen LogP contribution in [0.2, 0.25) is 0 Å². The predicted octanol–water partition coefficient (Wildman–Crippen LogP) is 0.531. The van der Waals surface area contributed by atoms with Crippen LogP contribution in [0.15, 0.2) is 11.0 Å². The summed E-state index contributed by atoms with van der Waals surface area (Å²) in [7, 11) is 2.00. The normalized spacial score (nSPS) is 17.0. The van der Waals surface area contributed by atoms with Crippen LogP contribution in [0.5, 0.6) is 0 Å². The largest absolute Gasteiger partial charge is 0.462 e. The number of ether oxygens (including phenoxy) is 2. The molecular weight excluding hydrogens is 390 g/mol. The van der Waals surface area contributed by atoms with Crippen molar-refractivity contribution in [3.63, 3.8) is 0 Å². The third-order valence-electron chi connectivity index (χ3n) is 3.11. The fourth-order valence-corrected chi connectivity index (χ4v) is 2.25. The summed E-state index contributed by atoms with van der Waals surface area (Å²) in [6.07, 6.45) is 3.55. The summed E-state index contributed by atoms with van der Waals surface area (Å²) < 4.78 is 11.9. The molecule has 1 aliphatic rings. The van der Waals surface area contributed by atoms with E-state index >= 15 is 0 Å². The number of aldehydes is 1. The number of nitrogens with zero attached hydrogens (tertiary/aromatic N) is 1. The minimum absolute atomic E-state index is 0.0880. The number of nitrogens with one attached hydrogen (secondary N) is 1. The van der Waals surface area contributed by atoms with E-state index in [2.05, 4.69) is 18.8 Å². The van der Waals surface area contributed by atoms with E-state index in [1.807, 2.05) is 0 Å². The van der Waals surface area contributed by atoms with Crippen LogP contribution in [0.4, 0.5) is 0 Å². The van der Waals surface area contributed by atoms with Gasteiger partial charge < -0.3 is 25.4 Å². The van der Waals surface area contributed by atoms with Crippen molar-refractivity contribution in [2.75, 3.05) is 27.4 Å². The van der Waals surface area contributed by atoms with E-state index in [0.717, 1.165) is 14.2 Å². The van der Waals surface area contributed by atoms with Crippen molar-refractivity contribution in [3.8, 4) is 0 Å². The van der Waals surface area contributed by atoms with Gasteiger partial charge in [-0.15, -0.1) is 0 Å². The first-order chi connectivity index (χ1) is 13.5. The molecule has 0 spiro atoms. The molecule has 0 radical (unpaired) electrons. The lowest BCUT2D eigenvalue weighted by Crippen LogP contribution is -2.29. The highest BCUT2D eigenvalue weighted by Gasteiger charge is 2.28. The highest BCUT2D eigenvalue weighted by Crippen LogP contribution is 2.27. The standard InChI is InChI=1S/C12H15N3O5S.C3H8.2CH4O/c13-3-10(17)19-6-8-1-2-9(20-8)15-4-7(5-16)11(21)14-12(15)18;1-3-2;2*1-2/h4-5,8-9H,1-3,6,13H2,(H,14,18,21);3H2,1-2H3;2*2H,1H3. The Kier molecular flexibility index (Phi) is 17.4. The molecule has 1 saturated heterocycles. The van der Waals surface area contributed by atoms with Gasteiger partial charge in [-0.1, -0.05) is 32.5 Å². The number of aromatic nitrogens is 2. The molecule has 2 rings (SSSR count). The second-order valence-electron chi connectivity index (χ2n) is 5.25. The van der Waals surface area contributed by atoms with Gasteiger partial charge >= 0.3 is 11.7 Å². The van der Waals surface area contributed by atoms with Crippen LogP contribution in [0.25, 0.3) is 0 Å². The summed E-state index contributed by atoms with van der Waals surface area (Å²) >= 11 is 4.87. The van der Waals surface area contributed by atoms with Crippen LogP contribution in [0.1, 0.15) is 49.7 Å². The van der Waals surface area contributed by atoms with Gasteiger partial charge in [0.25, 0.3) is 0 Å². The van der Waals surface area contributed by atoms with Gasteiger partial charge in [-0.3, -0.25) is 19.1 Å². The molecule has 1 aromatic rings. The van der Waals surface area contributed by atoms with Crippen LogP contribution in [0, 0.1) is 4.64 Å². The zero-order valence-corrected chi connectivity index (χ0v) is 17.5. The van der Waals surface area contributed by atoms with Gasteiger partial charge in [0, 0.05) is 20.4 Å². The average Bonchev–Trinajstić information content (AvgIpc) is 3.18. The first-order valence-electron chi connectivity index (χ1n) is 8.67. The van der Waals surface area contributed by atoms with Crippen molar-refractivity contribution in [2.45, 2.75) is 45.4 Å². The molecule has 0 amide bonds. The van der Waals surface area contributed by atoms with Crippen LogP contribution < -0.4 is 11.4 Å². The Morgan fingerprint density at radius 2 is 1.96 bits per heavy atom. The molecule has 5 N–H and O–H groups in total. The highest BCUT2D eigenvalue weighted by atomic mass is 32.1. The molecule has 2 atom stereocenters. The third-order valence-corrected chi connectivity index (χ3v) is 3.45. The number of rotatable bonds is 5. The maximum atomic E-state index is 11.9.